The third-order valence-electron chi connectivity index (χ3n) is 3.37. The fraction of sp³-hybridized carbons (Fsp3) is 0.200. The number of fused-ring (bicyclic) bond motifs is 1. The fourth-order valence-corrected chi connectivity index (χ4v) is 3.27. The maximum Gasteiger partial charge on any atom is 0.194 e. The van der Waals surface area contributed by atoms with E-state index in [0.717, 1.165) is 28.2 Å². The third kappa shape index (κ3) is 2.08. The van der Waals surface area contributed by atoms with Crippen LogP contribution in [-0.4, -0.2) is 29.9 Å². The van der Waals surface area contributed by atoms with E-state index in [1.165, 1.54) is 11.3 Å². The number of nitrogens with zero attached hydrogens (tertiary/aromatic N) is 2. The maximum atomic E-state index is 11.3. The SMILES string of the molecule is COc1ccc(-c2csc3nc(C)c(C=O)n23)cc1OC. The van der Waals surface area contributed by atoms with Crippen molar-refractivity contribution in [1.82, 2.24) is 9.38 Å². The Morgan fingerprint density at radius 3 is 2.67 bits per heavy atom. The number of hydrogen-bond acceptors (Lipinski definition) is 5. The number of carbonyl (C=O) groups is 1. The lowest BCUT2D eigenvalue weighted by Crippen LogP contribution is -1.95. The molecule has 3 rings (SSSR count). The second-order valence-corrected chi connectivity index (χ2v) is 5.35. The van der Waals surface area contributed by atoms with Gasteiger partial charge in [-0.1, -0.05) is 0 Å². The molecule has 0 aliphatic heterocycles. The lowest BCUT2D eigenvalue weighted by Gasteiger charge is -2.09. The maximum absolute atomic E-state index is 11.3. The average molecular weight is 302 g/mol. The lowest BCUT2D eigenvalue weighted by molar-refractivity contribution is 0.111. The monoisotopic (exact) mass is 302 g/mol. The summed E-state index contributed by atoms with van der Waals surface area (Å²) in [6.45, 7) is 1.84. The normalized spacial score (nSPS) is 10.8. The highest BCUT2D eigenvalue weighted by Crippen LogP contribution is 2.34. The van der Waals surface area contributed by atoms with Crippen molar-refractivity contribution in [2.75, 3.05) is 14.2 Å². The van der Waals surface area contributed by atoms with Crippen molar-refractivity contribution in [3.8, 4) is 22.8 Å². The molecule has 6 heteroatoms. The molecule has 0 aliphatic carbocycles. The molecule has 0 unspecified atom stereocenters. The van der Waals surface area contributed by atoms with Crippen LogP contribution in [0.15, 0.2) is 23.6 Å². The number of thiazole rings is 1. The Morgan fingerprint density at radius 2 is 2.00 bits per heavy atom. The molecule has 0 atom stereocenters. The summed E-state index contributed by atoms with van der Waals surface area (Å²) in [6.07, 6.45) is 0.840. The summed E-state index contributed by atoms with van der Waals surface area (Å²) in [4.78, 5) is 16.5. The number of carbonyl (C=O) groups excluding carboxylic acids is 1. The van der Waals surface area contributed by atoms with Gasteiger partial charge in [0.15, 0.2) is 22.7 Å². The first-order valence-corrected chi connectivity index (χ1v) is 7.21. The van der Waals surface area contributed by atoms with Crippen LogP contribution in [0.5, 0.6) is 11.5 Å². The summed E-state index contributed by atoms with van der Waals surface area (Å²) in [5.74, 6) is 1.32. The van der Waals surface area contributed by atoms with Crippen LogP contribution < -0.4 is 9.47 Å². The standard InChI is InChI=1S/C15H14N2O3S/c1-9-11(7-18)17-12(8-21-15(17)16-9)10-4-5-13(19-2)14(6-10)20-3/h4-8H,1-3H3. The molecule has 0 spiro atoms. The Kier molecular flexibility index (Phi) is 3.39. The predicted octanol–water partition coefficient (Wildman–Crippen LogP) is 3.20. The highest BCUT2D eigenvalue weighted by molar-refractivity contribution is 7.15. The number of rotatable bonds is 4. The van der Waals surface area contributed by atoms with Crippen molar-refractivity contribution in [1.29, 1.82) is 0 Å². The number of aryl methyl sites for hydroxylation is 1. The highest BCUT2D eigenvalue weighted by Gasteiger charge is 2.16. The van der Waals surface area contributed by atoms with E-state index in [-0.39, 0.29) is 0 Å². The van der Waals surface area contributed by atoms with Gasteiger partial charge in [0.2, 0.25) is 0 Å². The smallest absolute Gasteiger partial charge is 0.194 e. The van der Waals surface area contributed by atoms with Crippen LogP contribution in [0.25, 0.3) is 16.2 Å². The molecule has 108 valence electrons. The number of aldehydes is 1. The van der Waals surface area contributed by atoms with Crippen molar-refractivity contribution in [2.45, 2.75) is 6.92 Å². The van der Waals surface area contributed by atoms with E-state index in [2.05, 4.69) is 4.98 Å². The van der Waals surface area contributed by atoms with Crippen molar-refractivity contribution >= 4 is 22.6 Å². The van der Waals surface area contributed by atoms with Crippen LogP contribution in [0.4, 0.5) is 0 Å². The zero-order chi connectivity index (χ0) is 15.0. The van der Waals surface area contributed by atoms with Gasteiger partial charge in [0.25, 0.3) is 0 Å². The molecular weight excluding hydrogens is 288 g/mol. The number of hydrogen-bond donors (Lipinski definition) is 0. The number of benzene rings is 1. The van der Waals surface area contributed by atoms with Crippen molar-refractivity contribution < 1.29 is 14.3 Å². The highest BCUT2D eigenvalue weighted by atomic mass is 32.1. The molecular formula is C15H14N2O3S. The zero-order valence-corrected chi connectivity index (χ0v) is 12.7. The predicted molar refractivity (Wildman–Crippen MR) is 81.7 cm³/mol. The minimum absolute atomic E-state index is 0.580. The Hall–Kier alpha value is -2.34. The number of aromatic nitrogens is 2. The van der Waals surface area contributed by atoms with Crippen LogP contribution >= 0.6 is 11.3 Å². The number of methoxy groups -OCH3 is 2. The summed E-state index contributed by atoms with van der Waals surface area (Å²) in [5.41, 5.74) is 3.17. The summed E-state index contributed by atoms with van der Waals surface area (Å²) >= 11 is 1.50. The van der Waals surface area contributed by atoms with E-state index in [1.807, 2.05) is 34.9 Å². The van der Waals surface area contributed by atoms with Gasteiger partial charge in [0.05, 0.1) is 25.6 Å². The van der Waals surface area contributed by atoms with E-state index in [4.69, 9.17) is 9.47 Å². The minimum atomic E-state index is 0.580. The second kappa shape index (κ2) is 5.21. The largest absolute Gasteiger partial charge is 0.493 e. The molecule has 0 N–H and O–H groups in total. The van der Waals surface area contributed by atoms with E-state index >= 15 is 0 Å². The molecule has 0 amide bonds. The Morgan fingerprint density at radius 1 is 1.24 bits per heavy atom. The summed E-state index contributed by atoms with van der Waals surface area (Å²) < 4.78 is 12.4. The first-order chi connectivity index (χ1) is 10.2. The van der Waals surface area contributed by atoms with Gasteiger partial charge in [-0.2, -0.15) is 0 Å². The molecule has 21 heavy (non-hydrogen) atoms. The molecule has 0 aliphatic rings. The van der Waals surface area contributed by atoms with Gasteiger partial charge in [-0.25, -0.2) is 4.98 Å². The fourth-order valence-electron chi connectivity index (χ4n) is 2.32. The van der Waals surface area contributed by atoms with Gasteiger partial charge in [-0.15, -0.1) is 11.3 Å². The third-order valence-corrected chi connectivity index (χ3v) is 4.20. The van der Waals surface area contributed by atoms with E-state index in [9.17, 15) is 4.79 Å². The van der Waals surface area contributed by atoms with Crippen molar-refractivity contribution in [3.63, 3.8) is 0 Å². The first kappa shape index (κ1) is 13.6. The van der Waals surface area contributed by atoms with Crippen molar-refractivity contribution in [2.24, 2.45) is 0 Å². The molecule has 5 nitrogen and oxygen atoms in total. The molecule has 1 aromatic carbocycles. The molecule has 0 saturated heterocycles. The molecule has 0 bridgehead atoms. The van der Waals surface area contributed by atoms with E-state index in [0.29, 0.717) is 17.2 Å². The van der Waals surface area contributed by atoms with Crippen LogP contribution in [0.2, 0.25) is 0 Å². The van der Waals surface area contributed by atoms with Crippen molar-refractivity contribution in [3.05, 3.63) is 35.0 Å². The van der Waals surface area contributed by atoms with Crippen LogP contribution in [-0.2, 0) is 0 Å². The van der Waals surface area contributed by atoms with E-state index < -0.39 is 0 Å². The molecule has 0 saturated carbocycles. The minimum Gasteiger partial charge on any atom is -0.493 e. The zero-order valence-electron chi connectivity index (χ0n) is 11.9. The quantitative estimate of drug-likeness (QED) is 0.694. The van der Waals surface area contributed by atoms with Gasteiger partial charge >= 0.3 is 0 Å². The van der Waals surface area contributed by atoms with Crippen LogP contribution in [0, 0.1) is 6.92 Å². The summed E-state index contributed by atoms with van der Waals surface area (Å²) in [5, 5.41) is 1.98. The molecule has 2 heterocycles. The van der Waals surface area contributed by atoms with Gasteiger partial charge < -0.3 is 9.47 Å². The molecule has 2 aromatic heterocycles. The topological polar surface area (TPSA) is 52.8 Å². The Bertz CT molecular complexity index is 820. The number of imidazole rings is 1. The van der Waals surface area contributed by atoms with Gasteiger partial charge in [0, 0.05) is 10.9 Å². The molecule has 3 aromatic rings. The number of ether oxygens (including phenoxy) is 2. The molecule has 0 fully saturated rings. The van der Waals surface area contributed by atoms with Gasteiger partial charge in [-0.05, 0) is 25.1 Å². The van der Waals surface area contributed by atoms with Crippen LogP contribution in [0.3, 0.4) is 0 Å². The van der Waals surface area contributed by atoms with E-state index in [1.54, 1.807) is 14.2 Å². The average Bonchev–Trinajstić information content (AvgIpc) is 3.04. The second-order valence-electron chi connectivity index (χ2n) is 4.51. The summed E-state index contributed by atoms with van der Waals surface area (Å²) in [7, 11) is 3.20. The van der Waals surface area contributed by atoms with Gasteiger partial charge in [0.1, 0.15) is 5.69 Å². The Labute approximate surface area is 125 Å². The molecule has 0 radical (unpaired) electrons. The summed E-state index contributed by atoms with van der Waals surface area (Å²) in [6, 6.07) is 5.68. The first-order valence-electron chi connectivity index (χ1n) is 6.33. The lowest BCUT2D eigenvalue weighted by atomic mass is 10.1. The Balaban J connectivity index is 2.23. The van der Waals surface area contributed by atoms with Gasteiger partial charge in [-0.3, -0.25) is 9.20 Å². The van der Waals surface area contributed by atoms with Crippen LogP contribution in [0.1, 0.15) is 16.2 Å².